The molecule has 2 unspecified atom stereocenters. The van der Waals surface area contributed by atoms with E-state index in [0.717, 1.165) is 43.2 Å². The lowest BCUT2D eigenvalue weighted by Crippen LogP contribution is -2.25. The fraction of sp³-hybridized carbons (Fsp3) is 0.500. The number of nitrogens with two attached hydrogens (primary N) is 1. The van der Waals surface area contributed by atoms with E-state index in [-0.39, 0.29) is 11.9 Å². The van der Waals surface area contributed by atoms with E-state index in [1.54, 1.807) is 0 Å². The number of rotatable bonds is 3. The summed E-state index contributed by atoms with van der Waals surface area (Å²) in [6, 6.07) is 6.44. The summed E-state index contributed by atoms with van der Waals surface area (Å²) >= 11 is 0. The number of H-pyrrole nitrogens is 1. The Morgan fingerprint density at radius 2 is 2.23 bits per heavy atom. The molecule has 2 aromatic rings. The molecule has 0 spiro atoms. The molecule has 4 rings (SSSR count). The molecule has 1 heterocycles. The number of amides is 1. The number of benzene rings is 1. The Morgan fingerprint density at radius 3 is 2.95 bits per heavy atom. The molecule has 1 saturated carbocycles. The smallest absolute Gasteiger partial charge is 0.251 e. The molecular weight excluding hydrogens is 274 g/mol. The molecule has 0 aliphatic heterocycles. The molecule has 116 valence electrons. The summed E-state index contributed by atoms with van der Waals surface area (Å²) < 4.78 is 0. The average molecular weight is 297 g/mol. The maximum absolute atomic E-state index is 12.3. The number of hydrogen-bond acceptors (Lipinski definition) is 2. The minimum absolute atomic E-state index is 0.0477. The van der Waals surface area contributed by atoms with Crippen LogP contribution in [0.15, 0.2) is 18.2 Å². The van der Waals surface area contributed by atoms with Crippen LogP contribution < -0.4 is 11.1 Å². The molecule has 1 aromatic carbocycles. The normalized spacial score (nSPS) is 24.3. The Balaban J connectivity index is 1.74. The number of aromatic nitrogens is 1. The Morgan fingerprint density at radius 1 is 1.41 bits per heavy atom. The molecule has 0 radical (unpaired) electrons. The molecule has 1 amide bonds. The maximum atomic E-state index is 12.3. The summed E-state index contributed by atoms with van der Waals surface area (Å²) in [6.45, 7) is 2.23. The standard InChI is InChI=1S/C18H23N3O/c1-2-10-7-14-13-9-11(18(22)20-12-4-5-12)3-6-16(13)21-17(14)15(19)8-10/h3,6,9-10,12,15,21H,2,4-5,7-8,19H2,1H3,(H,20,22). The van der Waals surface area contributed by atoms with Gasteiger partial charge in [0.15, 0.2) is 0 Å². The molecule has 2 aliphatic carbocycles. The second kappa shape index (κ2) is 5.13. The van der Waals surface area contributed by atoms with Crippen molar-refractivity contribution in [2.75, 3.05) is 0 Å². The zero-order valence-corrected chi connectivity index (χ0v) is 13.0. The van der Waals surface area contributed by atoms with E-state index in [0.29, 0.717) is 12.0 Å². The van der Waals surface area contributed by atoms with Crippen molar-refractivity contribution in [2.24, 2.45) is 11.7 Å². The van der Waals surface area contributed by atoms with Gasteiger partial charge in [0.1, 0.15) is 0 Å². The minimum Gasteiger partial charge on any atom is -0.357 e. The van der Waals surface area contributed by atoms with E-state index >= 15 is 0 Å². The summed E-state index contributed by atoms with van der Waals surface area (Å²) in [5.41, 5.74) is 10.7. The van der Waals surface area contributed by atoms with Gasteiger partial charge in [0, 0.05) is 34.2 Å². The SMILES string of the molecule is CCC1Cc2c([nH]c3ccc(C(=O)NC4CC4)cc23)C(N)C1. The van der Waals surface area contributed by atoms with E-state index < -0.39 is 0 Å². The second-order valence-electron chi connectivity index (χ2n) is 6.85. The third-order valence-electron chi connectivity index (χ3n) is 5.14. The summed E-state index contributed by atoms with van der Waals surface area (Å²) in [5.74, 6) is 0.692. The van der Waals surface area contributed by atoms with Crippen LogP contribution in [0.2, 0.25) is 0 Å². The van der Waals surface area contributed by atoms with Gasteiger partial charge >= 0.3 is 0 Å². The van der Waals surface area contributed by atoms with Gasteiger partial charge in [0.2, 0.25) is 0 Å². The van der Waals surface area contributed by atoms with Crippen LogP contribution in [0.3, 0.4) is 0 Å². The summed E-state index contributed by atoms with van der Waals surface area (Å²) in [6.07, 6.45) is 5.49. The number of aromatic amines is 1. The molecule has 1 aromatic heterocycles. The van der Waals surface area contributed by atoms with Gasteiger partial charge in [-0.2, -0.15) is 0 Å². The van der Waals surface area contributed by atoms with Crippen LogP contribution in [0.5, 0.6) is 0 Å². The Labute approximate surface area is 130 Å². The second-order valence-corrected chi connectivity index (χ2v) is 6.85. The first-order chi connectivity index (χ1) is 10.7. The van der Waals surface area contributed by atoms with E-state index in [1.165, 1.54) is 16.6 Å². The molecule has 1 fully saturated rings. The van der Waals surface area contributed by atoms with Gasteiger partial charge in [-0.05, 0) is 55.4 Å². The monoisotopic (exact) mass is 297 g/mol. The largest absolute Gasteiger partial charge is 0.357 e. The molecule has 2 atom stereocenters. The van der Waals surface area contributed by atoms with Gasteiger partial charge < -0.3 is 16.0 Å². The maximum Gasteiger partial charge on any atom is 0.251 e. The van der Waals surface area contributed by atoms with Gasteiger partial charge in [-0.25, -0.2) is 0 Å². The van der Waals surface area contributed by atoms with Gasteiger partial charge in [-0.1, -0.05) is 13.3 Å². The third kappa shape index (κ3) is 2.31. The average Bonchev–Trinajstić information content (AvgIpc) is 3.25. The predicted octanol–water partition coefficient (Wildman–Crippen LogP) is 3.03. The molecule has 4 nitrogen and oxygen atoms in total. The summed E-state index contributed by atoms with van der Waals surface area (Å²) in [5, 5.41) is 4.24. The minimum atomic E-state index is 0.0477. The number of carbonyl (C=O) groups is 1. The highest BCUT2D eigenvalue weighted by atomic mass is 16.1. The van der Waals surface area contributed by atoms with Crippen molar-refractivity contribution in [1.82, 2.24) is 10.3 Å². The molecule has 0 saturated heterocycles. The lowest BCUT2D eigenvalue weighted by atomic mass is 9.82. The van der Waals surface area contributed by atoms with Crippen LogP contribution in [0.4, 0.5) is 0 Å². The zero-order chi connectivity index (χ0) is 15.3. The number of hydrogen-bond donors (Lipinski definition) is 3. The Hall–Kier alpha value is -1.81. The first kappa shape index (κ1) is 13.8. The number of carbonyl (C=O) groups excluding carboxylic acids is 1. The van der Waals surface area contributed by atoms with Crippen molar-refractivity contribution >= 4 is 16.8 Å². The van der Waals surface area contributed by atoms with Gasteiger partial charge in [0.25, 0.3) is 5.91 Å². The Bertz CT molecular complexity index is 729. The highest BCUT2D eigenvalue weighted by Gasteiger charge is 2.28. The van der Waals surface area contributed by atoms with E-state index in [2.05, 4.69) is 17.2 Å². The first-order valence-corrected chi connectivity index (χ1v) is 8.36. The predicted molar refractivity (Wildman–Crippen MR) is 87.8 cm³/mol. The quantitative estimate of drug-likeness (QED) is 0.815. The van der Waals surface area contributed by atoms with Crippen molar-refractivity contribution in [3.8, 4) is 0 Å². The van der Waals surface area contributed by atoms with Crippen LogP contribution in [0.25, 0.3) is 10.9 Å². The van der Waals surface area contributed by atoms with Crippen molar-refractivity contribution in [1.29, 1.82) is 0 Å². The lowest BCUT2D eigenvalue weighted by molar-refractivity contribution is 0.0951. The molecule has 4 heteroatoms. The fourth-order valence-electron chi connectivity index (χ4n) is 3.60. The van der Waals surface area contributed by atoms with Crippen LogP contribution in [0.1, 0.15) is 60.3 Å². The number of nitrogens with one attached hydrogen (secondary N) is 2. The van der Waals surface area contributed by atoms with Crippen LogP contribution in [0, 0.1) is 5.92 Å². The summed E-state index contributed by atoms with van der Waals surface area (Å²) in [7, 11) is 0. The van der Waals surface area contributed by atoms with Crippen molar-refractivity contribution in [3.05, 3.63) is 35.0 Å². The number of fused-ring (bicyclic) bond motifs is 3. The topological polar surface area (TPSA) is 70.9 Å². The van der Waals surface area contributed by atoms with Crippen LogP contribution in [-0.4, -0.2) is 16.9 Å². The van der Waals surface area contributed by atoms with Crippen molar-refractivity contribution < 1.29 is 4.79 Å². The van der Waals surface area contributed by atoms with Gasteiger partial charge in [-0.3, -0.25) is 4.79 Å². The van der Waals surface area contributed by atoms with E-state index in [4.69, 9.17) is 5.73 Å². The van der Waals surface area contributed by atoms with Crippen molar-refractivity contribution in [2.45, 2.75) is 51.1 Å². The van der Waals surface area contributed by atoms with Gasteiger partial charge in [-0.15, -0.1) is 0 Å². The third-order valence-corrected chi connectivity index (χ3v) is 5.14. The van der Waals surface area contributed by atoms with E-state index in [1.807, 2.05) is 18.2 Å². The Kier molecular flexibility index (Phi) is 3.22. The molecule has 4 N–H and O–H groups in total. The van der Waals surface area contributed by atoms with E-state index in [9.17, 15) is 4.79 Å². The summed E-state index contributed by atoms with van der Waals surface area (Å²) in [4.78, 5) is 15.7. The van der Waals surface area contributed by atoms with Crippen molar-refractivity contribution in [3.63, 3.8) is 0 Å². The highest BCUT2D eigenvalue weighted by Crippen LogP contribution is 2.37. The molecular formula is C18H23N3O. The van der Waals surface area contributed by atoms with Gasteiger partial charge in [0.05, 0.1) is 0 Å². The highest BCUT2D eigenvalue weighted by molar-refractivity contribution is 5.99. The molecule has 22 heavy (non-hydrogen) atoms. The molecule has 0 bridgehead atoms. The first-order valence-electron chi connectivity index (χ1n) is 8.36. The fourth-order valence-corrected chi connectivity index (χ4v) is 3.60. The van der Waals surface area contributed by atoms with Crippen LogP contribution in [-0.2, 0) is 6.42 Å². The molecule has 2 aliphatic rings. The van der Waals surface area contributed by atoms with Crippen LogP contribution >= 0.6 is 0 Å². The zero-order valence-electron chi connectivity index (χ0n) is 13.0. The lowest BCUT2D eigenvalue weighted by Gasteiger charge is -2.26.